The summed E-state index contributed by atoms with van der Waals surface area (Å²) in [4.78, 5) is 4.29. The largest absolute Gasteiger partial charge is 0.378 e. The zero-order valence-electron chi connectivity index (χ0n) is 38.1. The quantitative estimate of drug-likeness (QED) is 0.0292. The van der Waals surface area contributed by atoms with Crippen LogP contribution in [0.1, 0.15) is 41.5 Å². The Labute approximate surface area is 375 Å². The number of quaternary nitrogens is 2. The summed E-state index contributed by atoms with van der Waals surface area (Å²) >= 11 is 0. The van der Waals surface area contributed by atoms with Gasteiger partial charge in [0.2, 0.25) is 0 Å². The molecule has 0 fully saturated rings. The van der Waals surface area contributed by atoms with Crippen LogP contribution in [-0.4, -0.2) is 103 Å². The van der Waals surface area contributed by atoms with Gasteiger partial charge in [-0.2, -0.15) is 0 Å². The van der Waals surface area contributed by atoms with Crippen LogP contribution in [0.5, 0.6) is 0 Å². The van der Waals surface area contributed by atoms with Gasteiger partial charge in [-0.25, -0.2) is 9.13 Å². The molecule has 6 nitrogen and oxygen atoms in total. The molecular weight excluding hydrogens is 785 g/mol. The lowest BCUT2D eigenvalue weighted by atomic mass is 10.1. The van der Waals surface area contributed by atoms with Gasteiger partial charge in [0.1, 0.15) is 0 Å². The minimum Gasteiger partial charge on any atom is -0.378 e. The van der Waals surface area contributed by atoms with E-state index in [0.29, 0.717) is 0 Å². The van der Waals surface area contributed by atoms with Gasteiger partial charge in [-0.15, -0.1) is 0 Å². The van der Waals surface area contributed by atoms with E-state index in [1.54, 1.807) is 0 Å². The van der Waals surface area contributed by atoms with Crippen molar-refractivity contribution in [3.8, 4) is 0 Å². The Morgan fingerprint density at radius 2 is 0.803 bits per heavy atom. The van der Waals surface area contributed by atoms with E-state index in [-0.39, 0.29) is 0 Å². The fraction of sp³-hybridized carbons (Fsp3) is 0.358. The van der Waals surface area contributed by atoms with E-state index in [0.717, 1.165) is 22.1 Å². The first-order chi connectivity index (χ1) is 29.3. The van der Waals surface area contributed by atoms with E-state index in [4.69, 9.17) is 0 Å². The fourth-order valence-electron chi connectivity index (χ4n) is 7.65. The molecule has 0 aliphatic carbocycles. The highest BCUT2D eigenvalue weighted by Gasteiger charge is 2.17. The minimum atomic E-state index is 1.05. The third kappa shape index (κ3) is 14.8. The number of benzene rings is 4. The molecule has 0 amide bonds. The Morgan fingerprint density at radius 3 is 1.26 bits per heavy atom. The molecule has 0 N–H and O–H groups in total. The second-order valence-electron chi connectivity index (χ2n) is 18.2. The van der Waals surface area contributed by atoms with Crippen LogP contribution in [0, 0.1) is 0 Å². The van der Waals surface area contributed by atoms with Crippen LogP contribution in [-0.2, 0) is 13.1 Å². The fourth-order valence-corrected chi connectivity index (χ4v) is 9.99. The molecule has 0 saturated heterocycles. The molecule has 0 atom stereocenters. The molecule has 4 aromatic carbocycles. The molecule has 0 saturated carbocycles. The number of anilines is 2. The van der Waals surface area contributed by atoms with Crippen molar-refractivity contribution >= 4 is 78.8 Å². The van der Waals surface area contributed by atoms with Crippen LogP contribution < -0.4 is 18.9 Å². The summed E-state index contributed by atoms with van der Waals surface area (Å²) in [6.07, 6.45) is 21.4. The van der Waals surface area contributed by atoms with Crippen LogP contribution in [0.15, 0.2) is 122 Å². The zero-order chi connectivity index (χ0) is 43.2. The van der Waals surface area contributed by atoms with Gasteiger partial charge < -0.3 is 18.8 Å². The van der Waals surface area contributed by atoms with Gasteiger partial charge in [0.25, 0.3) is 0 Å². The first-order valence-corrected chi connectivity index (χ1v) is 24.4. The Morgan fingerprint density at radius 1 is 0.426 bits per heavy atom. The Hall–Kier alpha value is -4.60. The second kappa shape index (κ2) is 22.0. The highest BCUT2D eigenvalue weighted by atomic mass is 33.1. The summed E-state index contributed by atoms with van der Waals surface area (Å²) in [6, 6.07) is 35.6. The summed E-state index contributed by atoms with van der Waals surface area (Å²) in [7, 11) is 22.0. The molecule has 2 aromatic heterocycles. The lowest BCUT2D eigenvalue weighted by molar-refractivity contribution is -0.892. The third-order valence-corrected chi connectivity index (χ3v) is 14.2. The number of nitrogens with zero attached hydrogens (tertiary/aromatic N) is 6. The van der Waals surface area contributed by atoms with Gasteiger partial charge in [-0.05, 0) is 80.2 Å². The normalized spacial score (nSPS) is 12.3. The second-order valence-corrected chi connectivity index (χ2v) is 20.9. The smallest absolute Gasteiger partial charge is 0.169 e. The molecule has 0 aliphatic heterocycles. The average molecular weight is 855 g/mol. The van der Waals surface area contributed by atoms with Gasteiger partial charge in [-0.1, -0.05) is 82.3 Å². The van der Waals surface area contributed by atoms with Crippen molar-refractivity contribution in [2.45, 2.75) is 32.4 Å². The number of hydrogen-bond acceptors (Lipinski definition) is 4. The molecule has 8 heteroatoms. The summed E-state index contributed by atoms with van der Waals surface area (Å²) in [6.45, 7) is 6.92. The maximum Gasteiger partial charge on any atom is 0.169 e. The van der Waals surface area contributed by atoms with E-state index < -0.39 is 0 Å². The highest BCUT2D eigenvalue weighted by molar-refractivity contribution is 8.76. The van der Waals surface area contributed by atoms with E-state index in [9.17, 15) is 0 Å². The summed E-state index contributed by atoms with van der Waals surface area (Å²) in [5, 5.41) is 5.09. The molecule has 0 aliphatic rings. The Kier molecular flexibility index (Phi) is 16.5. The first kappa shape index (κ1) is 45.9. The van der Waals surface area contributed by atoms with Crippen LogP contribution in [0.4, 0.5) is 11.4 Å². The van der Waals surface area contributed by atoms with Crippen molar-refractivity contribution < 1.29 is 18.1 Å². The molecule has 0 unspecified atom stereocenters. The van der Waals surface area contributed by atoms with Gasteiger partial charge in [0, 0.05) is 76.0 Å². The zero-order valence-corrected chi connectivity index (χ0v) is 39.8. The molecule has 0 bridgehead atoms. The van der Waals surface area contributed by atoms with Crippen LogP contribution in [0.25, 0.3) is 45.8 Å². The van der Waals surface area contributed by atoms with Crippen LogP contribution in [0.3, 0.4) is 0 Å². The van der Waals surface area contributed by atoms with E-state index in [2.05, 4.69) is 243 Å². The number of pyridine rings is 2. The van der Waals surface area contributed by atoms with Crippen molar-refractivity contribution in [2.24, 2.45) is 0 Å². The van der Waals surface area contributed by atoms with Crippen molar-refractivity contribution in [3.05, 3.63) is 144 Å². The van der Waals surface area contributed by atoms with Crippen molar-refractivity contribution in [1.29, 1.82) is 0 Å². The summed E-state index contributed by atoms with van der Waals surface area (Å²) in [5.41, 5.74) is 7.36. The van der Waals surface area contributed by atoms with Crippen LogP contribution in [0.2, 0.25) is 0 Å². The first-order valence-electron chi connectivity index (χ1n) is 22.0. The molecule has 0 spiro atoms. The predicted octanol–water partition coefficient (Wildman–Crippen LogP) is 10.4. The van der Waals surface area contributed by atoms with Gasteiger partial charge in [-0.3, -0.25) is 0 Å². The van der Waals surface area contributed by atoms with E-state index in [1.165, 1.54) is 112 Å². The summed E-state index contributed by atoms with van der Waals surface area (Å²) in [5.74, 6) is 2.42. The van der Waals surface area contributed by atoms with Gasteiger partial charge in [0.05, 0.1) is 73.0 Å². The monoisotopic (exact) mass is 855 g/mol. The lowest BCUT2D eigenvalue weighted by Crippen LogP contribution is -2.44. The predicted molar refractivity (Wildman–Crippen MR) is 270 cm³/mol. The molecule has 2 heterocycles. The molecule has 320 valence electrons. The SMILES string of the molecule is CN(C)c1ccc2cc(C=Cc3cc[n+](CCC[N+](C)(C)CCCSSCC[N+](C)(C)CCC[n+]4ccc(C=Cc5ccc6cc(N(C)C)ccc6c5)cc4)cc3)ccc2c1. The Balaban J connectivity index is 0.805. The number of aryl methyl sites for hydroxylation is 2. The van der Waals surface area contributed by atoms with Crippen molar-refractivity contribution in [3.63, 3.8) is 0 Å². The molecule has 0 radical (unpaired) electrons. The maximum atomic E-state index is 2.39. The van der Waals surface area contributed by atoms with Crippen LogP contribution >= 0.6 is 21.6 Å². The molecular formula is C53H70N6S2+4. The summed E-state index contributed by atoms with van der Waals surface area (Å²) < 4.78 is 6.80. The third-order valence-electron chi connectivity index (χ3n) is 11.7. The topological polar surface area (TPSA) is 14.2 Å². The van der Waals surface area contributed by atoms with Gasteiger partial charge >= 0.3 is 0 Å². The number of fused-ring (bicyclic) bond motifs is 2. The van der Waals surface area contributed by atoms with E-state index >= 15 is 0 Å². The standard InChI is InChI=1S/C53H70N6S2/c1-54(2)52-22-20-48-40-46(16-18-50(48)42-52)14-12-44-24-30-56(31-25-44)28-9-34-58(5,6)36-11-38-60-61-39-37-59(7,8)35-10-29-57-32-26-45(27-33-57)13-15-47-17-19-51-43-53(55(3)4)23-21-49(51)41-47/h12-27,30-33,40-43H,9-11,28-29,34-39H2,1-8H3/q+4. The molecule has 61 heavy (non-hydrogen) atoms. The molecule has 6 rings (SSSR count). The average Bonchev–Trinajstić information content (AvgIpc) is 3.24. The molecule has 6 aromatic rings. The number of hydrogen-bond donors (Lipinski definition) is 0. The maximum absolute atomic E-state index is 2.39. The van der Waals surface area contributed by atoms with Gasteiger partial charge in [0.15, 0.2) is 37.9 Å². The van der Waals surface area contributed by atoms with E-state index in [1.807, 2.05) is 0 Å². The van der Waals surface area contributed by atoms with Crippen molar-refractivity contribution in [1.82, 2.24) is 0 Å². The highest BCUT2D eigenvalue weighted by Crippen LogP contribution is 2.25. The minimum absolute atomic E-state index is 1.05. The lowest BCUT2D eigenvalue weighted by Gasteiger charge is -2.29. The van der Waals surface area contributed by atoms with Crippen molar-refractivity contribution in [2.75, 3.05) is 104 Å². The number of aromatic nitrogens is 2. The Bertz CT molecular complexity index is 2200. The number of rotatable bonds is 22.